The Morgan fingerprint density at radius 1 is 1.00 bits per heavy atom. The molecule has 0 aliphatic carbocycles. The average molecular weight is 438 g/mol. The van der Waals surface area contributed by atoms with Gasteiger partial charge < -0.3 is 4.74 Å². The van der Waals surface area contributed by atoms with Crippen LogP contribution >= 0.6 is 0 Å². The van der Waals surface area contributed by atoms with E-state index in [2.05, 4.69) is 5.10 Å². The lowest BCUT2D eigenvalue weighted by atomic mass is 9.99. The van der Waals surface area contributed by atoms with Gasteiger partial charge in [0.25, 0.3) is 5.91 Å². The van der Waals surface area contributed by atoms with Gasteiger partial charge in [-0.05, 0) is 41.5 Å². The van der Waals surface area contributed by atoms with E-state index < -0.39 is 23.4 Å². The number of halogens is 3. The van der Waals surface area contributed by atoms with E-state index >= 15 is 0 Å². The molecular weight excluding hydrogens is 417 g/mol. The van der Waals surface area contributed by atoms with Crippen molar-refractivity contribution in [2.75, 3.05) is 11.6 Å². The second-order valence-electron chi connectivity index (χ2n) is 7.36. The molecule has 0 N–H and O–H groups in total. The van der Waals surface area contributed by atoms with Crippen molar-refractivity contribution in [1.29, 1.82) is 0 Å². The molecule has 1 amide bonds. The molecule has 4 nitrogen and oxygen atoms in total. The first kappa shape index (κ1) is 21.6. The van der Waals surface area contributed by atoms with Gasteiger partial charge in [0.05, 0.1) is 17.9 Å². The van der Waals surface area contributed by atoms with Crippen LogP contribution in [0.5, 0.6) is 5.75 Å². The van der Waals surface area contributed by atoms with E-state index in [4.69, 9.17) is 4.74 Å². The number of benzene rings is 3. The van der Waals surface area contributed by atoms with Crippen molar-refractivity contribution in [2.45, 2.75) is 25.9 Å². The van der Waals surface area contributed by atoms with E-state index in [-0.39, 0.29) is 5.69 Å². The van der Waals surface area contributed by atoms with Crippen LogP contribution in [0.3, 0.4) is 0 Å². The Labute approximate surface area is 183 Å². The highest BCUT2D eigenvalue weighted by Gasteiger charge is 2.47. The standard InChI is InChI=1S/C25H21F3N2O2/c1-2-3-15-32-22-14-13-17-9-7-8-12-19(17)20(22)16-21-23(25(26,27)28)29-30(24(21)31)18-10-5-4-6-11-18/h4-14,16H,2-3,15H2,1H3/b21-16-. The molecule has 3 aromatic carbocycles. The Kier molecular flexibility index (Phi) is 5.99. The fraction of sp³-hybridized carbons (Fsp3) is 0.200. The van der Waals surface area contributed by atoms with Gasteiger partial charge in [-0.2, -0.15) is 23.3 Å². The summed E-state index contributed by atoms with van der Waals surface area (Å²) in [7, 11) is 0. The van der Waals surface area contributed by atoms with Gasteiger partial charge in [0.15, 0.2) is 5.71 Å². The molecule has 0 unspecified atom stereocenters. The molecule has 0 radical (unpaired) electrons. The quantitative estimate of drug-likeness (QED) is 0.332. The number of nitrogens with zero attached hydrogens (tertiary/aromatic N) is 2. The van der Waals surface area contributed by atoms with Gasteiger partial charge in [0.2, 0.25) is 0 Å². The fourth-order valence-corrected chi connectivity index (χ4v) is 3.52. The third kappa shape index (κ3) is 4.23. The summed E-state index contributed by atoms with van der Waals surface area (Å²) in [5.41, 5.74) is -1.05. The Balaban J connectivity index is 1.87. The lowest BCUT2D eigenvalue weighted by Crippen LogP contribution is -2.25. The lowest BCUT2D eigenvalue weighted by molar-refractivity contribution is -0.114. The van der Waals surface area contributed by atoms with Crippen molar-refractivity contribution in [2.24, 2.45) is 5.10 Å². The zero-order valence-corrected chi connectivity index (χ0v) is 17.4. The monoisotopic (exact) mass is 438 g/mol. The number of amides is 1. The second-order valence-corrected chi connectivity index (χ2v) is 7.36. The maximum Gasteiger partial charge on any atom is 0.435 e. The van der Waals surface area contributed by atoms with Crippen LogP contribution in [-0.2, 0) is 4.79 Å². The summed E-state index contributed by atoms with van der Waals surface area (Å²) in [4.78, 5) is 13.1. The van der Waals surface area contributed by atoms with E-state index in [1.165, 1.54) is 18.2 Å². The predicted molar refractivity (Wildman–Crippen MR) is 120 cm³/mol. The van der Waals surface area contributed by atoms with Crippen LogP contribution in [0.2, 0.25) is 0 Å². The van der Waals surface area contributed by atoms with Crippen molar-refractivity contribution in [3.8, 4) is 5.75 Å². The normalized spacial score (nSPS) is 15.5. The molecular formula is C25H21F3N2O2. The molecule has 0 bridgehead atoms. The number of rotatable bonds is 6. The number of hydrogen-bond acceptors (Lipinski definition) is 3. The van der Waals surface area contributed by atoms with E-state index in [0.29, 0.717) is 23.3 Å². The topological polar surface area (TPSA) is 41.9 Å². The van der Waals surface area contributed by atoms with E-state index in [0.717, 1.165) is 23.2 Å². The van der Waals surface area contributed by atoms with Gasteiger partial charge in [-0.3, -0.25) is 4.79 Å². The molecule has 32 heavy (non-hydrogen) atoms. The molecule has 4 rings (SSSR count). The molecule has 0 saturated heterocycles. The number of alkyl halides is 3. The third-order valence-electron chi connectivity index (χ3n) is 5.12. The molecule has 1 aliphatic heterocycles. The molecule has 0 spiro atoms. The number of hydrazone groups is 1. The maximum absolute atomic E-state index is 13.9. The minimum atomic E-state index is -4.79. The number of carbonyl (C=O) groups is 1. The molecule has 0 saturated carbocycles. The summed E-state index contributed by atoms with van der Waals surface area (Å²) in [6, 6.07) is 18.9. The van der Waals surface area contributed by atoms with Gasteiger partial charge in [-0.15, -0.1) is 0 Å². The van der Waals surface area contributed by atoms with Gasteiger partial charge in [-0.1, -0.05) is 61.9 Å². The summed E-state index contributed by atoms with van der Waals surface area (Å²) in [6.45, 7) is 2.45. The minimum Gasteiger partial charge on any atom is -0.493 e. The first-order valence-electron chi connectivity index (χ1n) is 10.3. The molecule has 0 fully saturated rings. The lowest BCUT2D eigenvalue weighted by Gasteiger charge is -2.14. The zero-order chi connectivity index (χ0) is 22.7. The number of anilines is 1. The predicted octanol–water partition coefficient (Wildman–Crippen LogP) is 6.37. The van der Waals surface area contributed by atoms with Gasteiger partial charge >= 0.3 is 6.18 Å². The number of ether oxygens (including phenoxy) is 1. The van der Waals surface area contributed by atoms with E-state index in [9.17, 15) is 18.0 Å². The highest BCUT2D eigenvalue weighted by Crippen LogP contribution is 2.36. The first-order valence-corrected chi connectivity index (χ1v) is 10.3. The van der Waals surface area contributed by atoms with Crippen LogP contribution in [0, 0.1) is 0 Å². The number of fused-ring (bicyclic) bond motifs is 1. The molecule has 0 atom stereocenters. The van der Waals surface area contributed by atoms with Crippen molar-refractivity contribution in [3.05, 3.63) is 77.9 Å². The zero-order valence-electron chi connectivity index (χ0n) is 17.4. The molecule has 3 aromatic rings. The highest BCUT2D eigenvalue weighted by atomic mass is 19.4. The number of unbranched alkanes of at least 4 members (excludes halogenated alkanes) is 1. The number of para-hydroxylation sites is 1. The smallest absolute Gasteiger partial charge is 0.435 e. The van der Waals surface area contributed by atoms with Crippen LogP contribution in [0.25, 0.3) is 16.8 Å². The average Bonchev–Trinajstić information content (AvgIpc) is 3.12. The Morgan fingerprint density at radius 3 is 2.44 bits per heavy atom. The van der Waals surface area contributed by atoms with Crippen LogP contribution in [0.4, 0.5) is 18.9 Å². The van der Waals surface area contributed by atoms with Gasteiger partial charge in [0.1, 0.15) is 5.75 Å². The van der Waals surface area contributed by atoms with Crippen LogP contribution in [-0.4, -0.2) is 24.4 Å². The van der Waals surface area contributed by atoms with Crippen LogP contribution in [0.15, 0.2) is 77.4 Å². The third-order valence-corrected chi connectivity index (χ3v) is 5.12. The summed E-state index contributed by atoms with van der Waals surface area (Å²) in [5, 5.41) is 5.96. The Morgan fingerprint density at radius 2 is 1.72 bits per heavy atom. The molecule has 1 aliphatic rings. The second kappa shape index (κ2) is 8.86. The van der Waals surface area contributed by atoms with Crippen molar-refractivity contribution in [1.82, 2.24) is 0 Å². The minimum absolute atomic E-state index is 0.264. The highest BCUT2D eigenvalue weighted by molar-refractivity contribution is 6.34. The van der Waals surface area contributed by atoms with Crippen LogP contribution in [0.1, 0.15) is 25.3 Å². The summed E-state index contributed by atoms with van der Waals surface area (Å²) < 4.78 is 47.4. The largest absolute Gasteiger partial charge is 0.493 e. The SMILES string of the molecule is CCCCOc1ccc2ccccc2c1/C=C1\C(=O)N(c2ccccc2)N=C1C(F)(F)F. The van der Waals surface area contributed by atoms with E-state index in [1.54, 1.807) is 36.4 Å². The van der Waals surface area contributed by atoms with E-state index in [1.807, 2.05) is 25.1 Å². The van der Waals surface area contributed by atoms with Crippen molar-refractivity contribution in [3.63, 3.8) is 0 Å². The van der Waals surface area contributed by atoms with Gasteiger partial charge in [-0.25, -0.2) is 0 Å². The Hall–Kier alpha value is -3.61. The molecule has 7 heteroatoms. The first-order chi connectivity index (χ1) is 15.4. The molecule has 0 aromatic heterocycles. The summed E-state index contributed by atoms with van der Waals surface area (Å²) in [6.07, 6.45) is -1.82. The number of carbonyl (C=O) groups excluding carboxylic acids is 1. The van der Waals surface area contributed by atoms with Gasteiger partial charge in [0, 0.05) is 5.56 Å². The maximum atomic E-state index is 13.9. The fourth-order valence-electron chi connectivity index (χ4n) is 3.52. The number of hydrogen-bond donors (Lipinski definition) is 0. The molecule has 164 valence electrons. The summed E-state index contributed by atoms with van der Waals surface area (Å²) >= 11 is 0. The Bertz CT molecular complexity index is 1200. The van der Waals surface area contributed by atoms with Crippen molar-refractivity contribution >= 4 is 34.2 Å². The summed E-state index contributed by atoms with van der Waals surface area (Å²) in [5.74, 6) is -0.409. The van der Waals surface area contributed by atoms with Crippen LogP contribution < -0.4 is 9.75 Å². The van der Waals surface area contributed by atoms with Crippen molar-refractivity contribution < 1.29 is 22.7 Å². The molecule has 1 heterocycles.